The lowest BCUT2D eigenvalue weighted by atomic mass is 10.1. The second-order valence-corrected chi connectivity index (χ2v) is 4.79. The van der Waals surface area contributed by atoms with E-state index >= 15 is 0 Å². The summed E-state index contributed by atoms with van der Waals surface area (Å²) >= 11 is 0. The molecule has 2 rings (SSSR count). The summed E-state index contributed by atoms with van der Waals surface area (Å²) in [6.45, 7) is 6.05. The smallest absolute Gasteiger partial charge is 0.163 e. The first kappa shape index (κ1) is 13.3. The summed E-state index contributed by atoms with van der Waals surface area (Å²) < 4.78 is 5.85. The van der Waals surface area contributed by atoms with Gasteiger partial charge in [-0.3, -0.25) is 4.79 Å². The van der Waals surface area contributed by atoms with Crippen molar-refractivity contribution < 1.29 is 9.53 Å². The lowest BCUT2D eigenvalue weighted by molar-refractivity contribution is 0.101. The molecule has 0 spiro atoms. The van der Waals surface area contributed by atoms with Crippen molar-refractivity contribution in [2.45, 2.75) is 27.4 Å². The molecule has 2 heteroatoms. The van der Waals surface area contributed by atoms with Gasteiger partial charge in [-0.2, -0.15) is 0 Å². The molecule has 0 aliphatic carbocycles. The summed E-state index contributed by atoms with van der Waals surface area (Å²) in [5.74, 6) is 0.722. The van der Waals surface area contributed by atoms with Crippen LogP contribution in [0.4, 0.5) is 0 Å². The Morgan fingerprint density at radius 1 is 1.11 bits per heavy atom. The van der Waals surface area contributed by atoms with Crippen molar-refractivity contribution in [1.82, 2.24) is 0 Å². The summed E-state index contributed by atoms with van der Waals surface area (Å²) in [6, 6.07) is 13.8. The number of ether oxygens (including phenoxy) is 1. The number of aryl methyl sites for hydroxylation is 2. The van der Waals surface area contributed by atoms with Crippen LogP contribution in [-0.2, 0) is 6.61 Å². The Morgan fingerprint density at radius 2 is 1.84 bits per heavy atom. The Morgan fingerprint density at radius 3 is 2.53 bits per heavy atom. The predicted molar refractivity (Wildman–Crippen MR) is 76.7 cm³/mol. The fourth-order valence-corrected chi connectivity index (χ4v) is 2.08. The number of Topliss-reactive ketones (excluding diaryl/α,β-unsaturated/α-hetero) is 1. The van der Waals surface area contributed by atoms with Gasteiger partial charge in [0, 0.05) is 0 Å². The number of hydrogen-bond donors (Lipinski definition) is 0. The number of rotatable bonds is 4. The van der Waals surface area contributed by atoms with Gasteiger partial charge in [0.2, 0.25) is 0 Å². The quantitative estimate of drug-likeness (QED) is 0.768. The molecule has 0 heterocycles. The van der Waals surface area contributed by atoms with E-state index in [9.17, 15) is 4.79 Å². The average Bonchev–Trinajstić information content (AvgIpc) is 2.37. The minimum absolute atomic E-state index is 0.0305. The second kappa shape index (κ2) is 5.70. The minimum Gasteiger partial charge on any atom is -0.488 e. The van der Waals surface area contributed by atoms with Crippen LogP contribution in [0.1, 0.15) is 34.0 Å². The van der Waals surface area contributed by atoms with Crippen molar-refractivity contribution in [2.75, 3.05) is 0 Å². The summed E-state index contributed by atoms with van der Waals surface area (Å²) in [6.07, 6.45) is 0. The fourth-order valence-electron chi connectivity index (χ4n) is 2.08. The van der Waals surface area contributed by atoms with Crippen LogP contribution >= 0.6 is 0 Å². The maximum absolute atomic E-state index is 11.6. The first-order valence-electron chi connectivity index (χ1n) is 6.37. The van der Waals surface area contributed by atoms with Crippen LogP contribution in [0.15, 0.2) is 42.5 Å². The van der Waals surface area contributed by atoms with E-state index in [1.54, 1.807) is 13.0 Å². The molecule has 2 aromatic rings. The Balaban J connectivity index is 2.22. The van der Waals surface area contributed by atoms with Gasteiger partial charge in [-0.1, -0.05) is 42.0 Å². The molecule has 19 heavy (non-hydrogen) atoms. The predicted octanol–water partition coefficient (Wildman–Crippen LogP) is 4.09. The van der Waals surface area contributed by atoms with Crippen LogP contribution in [-0.4, -0.2) is 5.78 Å². The molecule has 2 aromatic carbocycles. The van der Waals surface area contributed by atoms with Crippen molar-refractivity contribution in [3.63, 3.8) is 0 Å². The highest BCUT2D eigenvalue weighted by Gasteiger charge is 2.10. The lowest BCUT2D eigenvalue weighted by Gasteiger charge is -2.12. The second-order valence-electron chi connectivity index (χ2n) is 4.79. The highest BCUT2D eigenvalue weighted by Crippen LogP contribution is 2.25. The molecule has 0 aliphatic rings. The number of carbonyl (C=O) groups is 1. The van der Waals surface area contributed by atoms with E-state index < -0.39 is 0 Å². The van der Waals surface area contributed by atoms with E-state index in [2.05, 4.69) is 19.1 Å². The summed E-state index contributed by atoms with van der Waals surface area (Å²) in [5.41, 5.74) is 3.95. The molecular weight excluding hydrogens is 236 g/mol. The molecule has 0 aromatic heterocycles. The van der Waals surface area contributed by atoms with Gasteiger partial charge in [-0.25, -0.2) is 0 Å². The third-order valence-corrected chi connectivity index (χ3v) is 3.06. The molecule has 0 saturated carbocycles. The van der Waals surface area contributed by atoms with E-state index in [0.717, 1.165) is 11.1 Å². The average molecular weight is 254 g/mol. The van der Waals surface area contributed by atoms with Crippen molar-refractivity contribution in [3.8, 4) is 5.75 Å². The van der Waals surface area contributed by atoms with Gasteiger partial charge in [0.25, 0.3) is 0 Å². The highest BCUT2D eigenvalue weighted by molar-refractivity contribution is 5.97. The van der Waals surface area contributed by atoms with Crippen molar-refractivity contribution >= 4 is 5.78 Å². The molecule has 98 valence electrons. The van der Waals surface area contributed by atoms with Gasteiger partial charge < -0.3 is 4.74 Å². The van der Waals surface area contributed by atoms with Gasteiger partial charge in [0.05, 0.1) is 5.56 Å². The van der Waals surface area contributed by atoms with Gasteiger partial charge in [-0.15, -0.1) is 0 Å². The molecular formula is C17H18O2. The van der Waals surface area contributed by atoms with Gasteiger partial charge in [0.15, 0.2) is 5.78 Å². The third kappa shape index (κ3) is 3.22. The maximum Gasteiger partial charge on any atom is 0.163 e. The summed E-state index contributed by atoms with van der Waals surface area (Å²) in [7, 11) is 0. The van der Waals surface area contributed by atoms with Crippen LogP contribution in [0.25, 0.3) is 0 Å². The standard InChI is InChI=1S/C17H18O2/c1-12-6-4-8-15(10-12)11-19-17-13(2)7-5-9-16(17)14(3)18/h4-10H,11H2,1-3H3. The summed E-state index contributed by atoms with van der Waals surface area (Å²) in [4.78, 5) is 11.6. The maximum atomic E-state index is 11.6. The Kier molecular flexibility index (Phi) is 4.00. The number of hydrogen-bond acceptors (Lipinski definition) is 2. The number of para-hydroxylation sites is 1. The molecule has 0 saturated heterocycles. The molecule has 0 N–H and O–H groups in total. The van der Waals surface area contributed by atoms with Gasteiger partial charge in [0.1, 0.15) is 12.4 Å². The van der Waals surface area contributed by atoms with E-state index in [1.807, 2.05) is 31.2 Å². The fraction of sp³-hybridized carbons (Fsp3) is 0.235. The highest BCUT2D eigenvalue weighted by atomic mass is 16.5. The number of benzene rings is 2. The van der Waals surface area contributed by atoms with Crippen LogP contribution < -0.4 is 4.74 Å². The normalized spacial score (nSPS) is 10.3. The zero-order chi connectivity index (χ0) is 13.8. The van der Waals surface area contributed by atoms with E-state index in [4.69, 9.17) is 4.74 Å². The molecule has 0 atom stereocenters. The van der Waals surface area contributed by atoms with Crippen LogP contribution in [0.5, 0.6) is 5.75 Å². The van der Waals surface area contributed by atoms with E-state index in [0.29, 0.717) is 17.9 Å². The first-order valence-corrected chi connectivity index (χ1v) is 6.37. The topological polar surface area (TPSA) is 26.3 Å². The molecule has 0 unspecified atom stereocenters. The molecule has 0 aliphatic heterocycles. The van der Waals surface area contributed by atoms with Crippen molar-refractivity contribution in [2.24, 2.45) is 0 Å². The Hall–Kier alpha value is -2.09. The van der Waals surface area contributed by atoms with Crippen LogP contribution in [0.2, 0.25) is 0 Å². The Bertz CT molecular complexity index is 600. The Labute approximate surface area is 114 Å². The molecule has 0 bridgehead atoms. The largest absolute Gasteiger partial charge is 0.488 e. The van der Waals surface area contributed by atoms with Gasteiger partial charge in [-0.05, 0) is 38.0 Å². The number of ketones is 1. The molecule has 0 fully saturated rings. The minimum atomic E-state index is 0.0305. The zero-order valence-electron chi connectivity index (χ0n) is 11.6. The lowest BCUT2D eigenvalue weighted by Crippen LogP contribution is -2.03. The number of carbonyl (C=O) groups excluding carboxylic acids is 1. The molecule has 0 radical (unpaired) electrons. The SMILES string of the molecule is CC(=O)c1cccc(C)c1OCc1cccc(C)c1. The van der Waals surface area contributed by atoms with Crippen molar-refractivity contribution in [3.05, 3.63) is 64.7 Å². The molecule has 2 nitrogen and oxygen atoms in total. The van der Waals surface area contributed by atoms with E-state index in [1.165, 1.54) is 5.56 Å². The van der Waals surface area contributed by atoms with E-state index in [-0.39, 0.29) is 5.78 Å². The third-order valence-electron chi connectivity index (χ3n) is 3.06. The summed E-state index contributed by atoms with van der Waals surface area (Å²) in [5, 5.41) is 0. The van der Waals surface area contributed by atoms with Crippen LogP contribution in [0.3, 0.4) is 0 Å². The monoisotopic (exact) mass is 254 g/mol. The van der Waals surface area contributed by atoms with Crippen LogP contribution in [0, 0.1) is 13.8 Å². The first-order chi connectivity index (χ1) is 9.08. The van der Waals surface area contributed by atoms with Gasteiger partial charge >= 0.3 is 0 Å². The van der Waals surface area contributed by atoms with Crippen molar-refractivity contribution in [1.29, 1.82) is 0 Å². The zero-order valence-corrected chi connectivity index (χ0v) is 11.6. The molecule has 0 amide bonds.